The second kappa shape index (κ2) is 3.62. The molecule has 0 bridgehead atoms. The molecule has 0 aliphatic rings. The SMILES string of the molecule is Nc1nn(CCn2ccnc2)c(=O)s1. The molecule has 74 valence electrons. The number of rotatable bonds is 3. The molecule has 0 aliphatic heterocycles. The Kier molecular flexibility index (Phi) is 2.32. The third kappa shape index (κ3) is 1.82. The molecule has 0 atom stereocenters. The van der Waals surface area contributed by atoms with Crippen molar-refractivity contribution in [2.75, 3.05) is 5.73 Å². The number of hydrogen-bond acceptors (Lipinski definition) is 5. The largest absolute Gasteiger partial charge is 0.374 e. The van der Waals surface area contributed by atoms with E-state index in [1.807, 2.05) is 10.8 Å². The van der Waals surface area contributed by atoms with Crippen LogP contribution < -0.4 is 10.6 Å². The van der Waals surface area contributed by atoms with Crippen LogP contribution in [0.3, 0.4) is 0 Å². The fourth-order valence-electron chi connectivity index (χ4n) is 1.09. The van der Waals surface area contributed by atoms with Crippen LogP contribution in [0.1, 0.15) is 0 Å². The smallest absolute Gasteiger partial charge is 0.326 e. The third-order valence-electron chi connectivity index (χ3n) is 1.75. The van der Waals surface area contributed by atoms with E-state index in [0.717, 1.165) is 11.3 Å². The number of aromatic nitrogens is 4. The number of nitrogens with zero attached hydrogens (tertiary/aromatic N) is 4. The summed E-state index contributed by atoms with van der Waals surface area (Å²) in [4.78, 5) is 15.0. The predicted octanol–water partition coefficient (Wildman–Crippen LogP) is -0.216. The molecule has 2 rings (SSSR count). The van der Waals surface area contributed by atoms with Crippen molar-refractivity contribution < 1.29 is 0 Å². The molecule has 0 saturated heterocycles. The topological polar surface area (TPSA) is 78.7 Å². The van der Waals surface area contributed by atoms with Crippen LogP contribution in [0.2, 0.25) is 0 Å². The van der Waals surface area contributed by atoms with Gasteiger partial charge in [0.05, 0.1) is 12.9 Å². The highest BCUT2D eigenvalue weighted by molar-refractivity contribution is 7.12. The quantitative estimate of drug-likeness (QED) is 0.761. The van der Waals surface area contributed by atoms with Gasteiger partial charge in [0.15, 0.2) is 0 Å². The maximum atomic E-state index is 11.2. The highest BCUT2D eigenvalue weighted by Crippen LogP contribution is 1.98. The minimum Gasteiger partial charge on any atom is -0.374 e. The zero-order valence-corrected chi connectivity index (χ0v) is 8.15. The fourth-order valence-corrected chi connectivity index (χ4v) is 1.65. The molecule has 0 amide bonds. The summed E-state index contributed by atoms with van der Waals surface area (Å²) in [5.74, 6) is 0. The van der Waals surface area contributed by atoms with Crippen LogP contribution >= 0.6 is 11.3 Å². The van der Waals surface area contributed by atoms with Crippen LogP contribution in [0, 0.1) is 0 Å². The van der Waals surface area contributed by atoms with Gasteiger partial charge in [-0.25, -0.2) is 9.67 Å². The first-order valence-electron chi connectivity index (χ1n) is 4.05. The monoisotopic (exact) mass is 211 g/mol. The summed E-state index contributed by atoms with van der Waals surface area (Å²) in [5, 5.41) is 4.18. The molecular formula is C7H9N5OS. The lowest BCUT2D eigenvalue weighted by Crippen LogP contribution is -2.17. The van der Waals surface area contributed by atoms with E-state index in [4.69, 9.17) is 5.73 Å². The molecule has 0 radical (unpaired) electrons. The van der Waals surface area contributed by atoms with Crippen LogP contribution in [-0.4, -0.2) is 19.3 Å². The molecule has 7 heteroatoms. The van der Waals surface area contributed by atoms with Gasteiger partial charge < -0.3 is 10.3 Å². The summed E-state index contributed by atoms with van der Waals surface area (Å²) < 4.78 is 3.24. The predicted molar refractivity (Wildman–Crippen MR) is 53.0 cm³/mol. The van der Waals surface area contributed by atoms with Gasteiger partial charge in [-0.3, -0.25) is 4.79 Å². The summed E-state index contributed by atoms with van der Waals surface area (Å²) in [7, 11) is 0. The van der Waals surface area contributed by atoms with Gasteiger partial charge in [0.1, 0.15) is 0 Å². The van der Waals surface area contributed by atoms with Crippen molar-refractivity contribution >= 4 is 16.5 Å². The Morgan fingerprint density at radius 1 is 1.50 bits per heavy atom. The Balaban J connectivity index is 2.05. The van der Waals surface area contributed by atoms with Gasteiger partial charge in [0, 0.05) is 18.9 Å². The highest BCUT2D eigenvalue weighted by Gasteiger charge is 2.02. The molecule has 0 fully saturated rings. The van der Waals surface area contributed by atoms with Gasteiger partial charge in [-0.05, 0) is 11.3 Å². The van der Waals surface area contributed by atoms with E-state index in [2.05, 4.69) is 10.1 Å². The number of nitrogen functional groups attached to an aromatic ring is 1. The lowest BCUT2D eigenvalue weighted by Gasteiger charge is -2.00. The standard InChI is InChI=1S/C7H9N5OS/c8-6-10-12(7(13)14-6)4-3-11-2-1-9-5-11/h1-2,5H,3-4H2,(H2,8,10). The number of hydrogen-bond donors (Lipinski definition) is 1. The first-order valence-corrected chi connectivity index (χ1v) is 4.86. The average molecular weight is 211 g/mol. The summed E-state index contributed by atoms with van der Waals surface area (Å²) in [5.41, 5.74) is 5.40. The molecule has 2 heterocycles. The van der Waals surface area contributed by atoms with Crippen molar-refractivity contribution in [3.63, 3.8) is 0 Å². The van der Waals surface area contributed by atoms with Crippen LogP contribution in [-0.2, 0) is 13.1 Å². The lowest BCUT2D eigenvalue weighted by atomic mass is 10.6. The maximum absolute atomic E-state index is 11.2. The molecule has 2 aromatic heterocycles. The van der Waals surface area contributed by atoms with E-state index >= 15 is 0 Å². The van der Waals surface area contributed by atoms with E-state index in [1.54, 1.807) is 12.5 Å². The van der Waals surface area contributed by atoms with Crippen molar-refractivity contribution in [2.45, 2.75) is 13.1 Å². The highest BCUT2D eigenvalue weighted by atomic mass is 32.1. The number of imidazole rings is 1. The van der Waals surface area contributed by atoms with Crippen molar-refractivity contribution in [2.24, 2.45) is 0 Å². The normalized spacial score (nSPS) is 10.6. The van der Waals surface area contributed by atoms with Crippen LogP contribution in [0.15, 0.2) is 23.5 Å². The van der Waals surface area contributed by atoms with Crippen molar-refractivity contribution in [3.8, 4) is 0 Å². The van der Waals surface area contributed by atoms with Gasteiger partial charge >= 0.3 is 4.87 Å². The Morgan fingerprint density at radius 2 is 2.36 bits per heavy atom. The van der Waals surface area contributed by atoms with E-state index in [-0.39, 0.29) is 4.87 Å². The molecule has 0 aliphatic carbocycles. The Bertz CT molecular complexity index is 457. The van der Waals surface area contributed by atoms with Crippen molar-refractivity contribution in [1.29, 1.82) is 0 Å². The first-order chi connectivity index (χ1) is 6.75. The molecular weight excluding hydrogens is 202 g/mol. The van der Waals surface area contributed by atoms with Crippen LogP contribution in [0.4, 0.5) is 5.13 Å². The Morgan fingerprint density at radius 3 is 2.93 bits per heavy atom. The summed E-state index contributed by atoms with van der Waals surface area (Å²) in [6.07, 6.45) is 5.22. The minimum atomic E-state index is -0.123. The van der Waals surface area contributed by atoms with E-state index in [9.17, 15) is 4.79 Å². The van der Waals surface area contributed by atoms with Gasteiger partial charge in [-0.2, -0.15) is 0 Å². The minimum absolute atomic E-state index is 0.123. The molecule has 14 heavy (non-hydrogen) atoms. The van der Waals surface area contributed by atoms with Crippen molar-refractivity contribution in [1.82, 2.24) is 19.3 Å². The number of aryl methyl sites for hydroxylation is 2. The van der Waals surface area contributed by atoms with Crippen LogP contribution in [0.25, 0.3) is 0 Å². The van der Waals surface area contributed by atoms with Gasteiger partial charge in [0.25, 0.3) is 0 Å². The second-order valence-electron chi connectivity index (χ2n) is 2.73. The lowest BCUT2D eigenvalue weighted by molar-refractivity contribution is 0.524. The molecule has 0 unspecified atom stereocenters. The Labute approximate surface area is 83.6 Å². The van der Waals surface area contributed by atoms with E-state index in [1.165, 1.54) is 4.68 Å². The van der Waals surface area contributed by atoms with E-state index in [0.29, 0.717) is 18.2 Å². The Hall–Kier alpha value is -1.63. The molecule has 0 aromatic carbocycles. The average Bonchev–Trinajstić information content (AvgIpc) is 2.72. The number of nitrogens with two attached hydrogens (primary N) is 1. The molecule has 0 spiro atoms. The maximum Gasteiger partial charge on any atom is 0.326 e. The van der Waals surface area contributed by atoms with Crippen LogP contribution in [0.5, 0.6) is 0 Å². The zero-order valence-electron chi connectivity index (χ0n) is 7.33. The summed E-state index contributed by atoms with van der Waals surface area (Å²) in [6.45, 7) is 1.19. The summed E-state index contributed by atoms with van der Waals surface area (Å²) >= 11 is 0.956. The van der Waals surface area contributed by atoms with E-state index < -0.39 is 0 Å². The summed E-state index contributed by atoms with van der Waals surface area (Å²) in [6, 6.07) is 0. The van der Waals surface area contributed by atoms with Gasteiger partial charge in [0.2, 0.25) is 5.13 Å². The molecule has 0 saturated carbocycles. The molecule has 6 nitrogen and oxygen atoms in total. The number of anilines is 1. The van der Waals surface area contributed by atoms with Gasteiger partial charge in [-0.1, -0.05) is 0 Å². The van der Waals surface area contributed by atoms with Crippen molar-refractivity contribution in [3.05, 3.63) is 28.4 Å². The first kappa shape index (κ1) is 8.95. The molecule has 2 N–H and O–H groups in total. The zero-order chi connectivity index (χ0) is 9.97. The second-order valence-corrected chi connectivity index (χ2v) is 3.70. The third-order valence-corrected chi connectivity index (χ3v) is 2.43. The fraction of sp³-hybridized carbons (Fsp3) is 0.286. The van der Waals surface area contributed by atoms with Gasteiger partial charge in [-0.15, -0.1) is 5.10 Å². The molecule has 2 aromatic rings.